The van der Waals surface area contributed by atoms with Gasteiger partial charge >= 0.3 is 0 Å². The van der Waals surface area contributed by atoms with Crippen LogP contribution >= 0.6 is 0 Å². The molecule has 0 N–H and O–H groups in total. The predicted molar refractivity (Wildman–Crippen MR) is 70.9 cm³/mol. The van der Waals surface area contributed by atoms with Crippen LogP contribution in [0.1, 0.15) is 61.9 Å². The molecule has 17 heavy (non-hydrogen) atoms. The molecule has 0 saturated heterocycles. The highest BCUT2D eigenvalue weighted by molar-refractivity contribution is 5.79. The van der Waals surface area contributed by atoms with Gasteiger partial charge in [-0.15, -0.1) is 0 Å². The van der Waals surface area contributed by atoms with Crippen LogP contribution in [0.4, 0.5) is 0 Å². The lowest BCUT2D eigenvalue weighted by atomic mass is 9.97. The molecule has 0 aliphatic heterocycles. The van der Waals surface area contributed by atoms with Crippen LogP contribution in [0.5, 0.6) is 5.75 Å². The predicted octanol–water partition coefficient (Wildman–Crippen LogP) is 4.19. The van der Waals surface area contributed by atoms with Gasteiger partial charge in [-0.1, -0.05) is 45.7 Å². The van der Waals surface area contributed by atoms with E-state index in [1.54, 1.807) is 0 Å². The van der Waals surface area contributed by atoms with Crippen LogP contribution < -0.4 is 4.74 Å². The van der Waals surface area contributed by atoms with Gasteiger partial charge in [0.2, 0.25) is 0 Å². The first-order valence-corrected chi connectivity index (χ1v) is 6.41. The molecule has 0 heterocycles. The van der Waals surface area contributed by atoms with Gasteiger partial charge in [0.05, 0.1) is 6.61 Å². The molecule has 0 aliphatic rings. The Morgan fingerprint density at radius 3 is 2.65 bits per heavy atom. The highest BCUT2D eigenvalue weighted by Crippen LogP contribution is 2.29. The monoisotopic (exact) mass is 234 g/mol. The van der Waals surface area contributed by atoms with Crippen molar-refractivity contribution in [2.24, 2.45) is 0 Å². The average Bonchev–Trinajstić information content (AvgIpc) is 2.33. The average molecular weight is 234 g/mol. The Balaban J connectivity index is 2.79. The minimum Gasteiger partial charge on any atom is -0.493 e. The summed E-state index contributed by atoms with van der Waals surface area (Å²) in [4.78, 5) is 11.0. The van der Waals surface area contributed by atoms with E-state index in [1.807, 2.05) is 18.2 Å². The van der Waals surface area contributed by atoms with Crippen LogP contribution in [0.15, 0.2) is 18.2 Å². The third-order valence-corrected chi connectivity index (χ3v) is 2.81. The Bertz CT molecular complexity index is 356. The second-order valence-corrected chi connectivity index (χ2v) is 4.59. The van der Waals surface area contributed by atoms with Gasteiger partial charge < -0.3 is 4.74 Å². The molecule has 0 amide bonds. The standard InChI is InChI=1S/C15H22O2/c1-4-5-6-10-17-14-9-7-8-13(11-16)15(14)12(2)3/h7-9,11-12H,4-6,10H2,1-3H3. The lowest BCUT2D eigenvalue weighted by Crippen LogP contribution is -2.04. The first-order valence-electron chi connectivity index (χ1n) is 6.41. The van der Waals surface area contributed by atoms with Crippen molar-refractivity contribution in [3.05, 3.63) is 29.3 Å². The summed E-state index contributed by atoms with van der Waals surface area (Å²) < 4.78 is 5.78. The van der Waals surface area contributed by atoms with Crippen LogP contribution in [-0.2, 0) is 0 Å². The normalized spacial score (nSPS) is 10.6. The van der Waals surface area contributed by atoms with Crippen molar-refractivity contribution in [1.82, 2.24) is 0 Å². The lowest BCUT2D eigenvalue weighted by Gasteiger charge is -2.15. The van der Waals surface area contributed by atoms with E-state index in [0.29, 0.717) is 5.92 Å². The fraction of sp³-hybridized carbons (Fsp3) is 0.533. The highest BCUT2D eigenvalue weighted by Gasteiger charge is 2.12. The summed E-state index contributed by atoms with van der Waals surface area (Å²) >= 11 is 0. The molecule has 0 unspecified atom stereocenters. The number of unbranched alkanes of at least 4 members (excludes halogenated alkanes) is 2. The third-order valence-electron chi connectivity index (χ3n) is 2.81. The summed E-state index contributed by atoms with van der Waals surface area (Å²) in [6, 6.07) is 5.68. The molecule has 1 aromatic rings. The number of hydrogen-bond donors (Lipinski definition) is 0. The van der Waals surface area contributed by atoms with Gasteiger partial charge in [0, 0.05) is 11.1 Å². The van der Waals surface area contributed by atoms with Crippen LogP contribution in [0, 0.1) is 0 Å². The zero-order valence-electron chi connectivity index (χ0n) is 11.0. The van der Waals surface area contributed by atoms with E-state index in [4.69, 9.17) is 4.74 Å². The topological polar surface area (TPSA) is 26.3 Å². The number of aldehydes is 1. The number of carbonyl (C=O) groups is 1. The first kappa shape index (κ1) is 13.8. The molecule has 94 valence electrons. The van der Waals surface area contributed by atoms with E-state index >= 15 is 0 Å². The molecule has 1 rings (SSSR count). The number of carbonyl (C=O) groups excluding carboxylic acids is 1. The van der Waals surface area contributed by atoms with Crippen molar-refractivity contribution in [2.75, 3.05) is 6.61 Å². The van der Waals surface area contributed by atoms with Crippen LogP contribution in [0.25, 0.3) is 0 Å². The first-order chi connectivity index (χ1) is 8.20. The molecule has 1 aromatic carbocycles. The number of ether oxygens (including phenoxy) is 1. The van der Waals surface area contributed by atoms with Gasteiger partial charge in [-0.2, -0.15) is 0 Å². The summed E-state index contributed by atoms with van der Waals surface area (Å²) in [5, 5.41) is 0. The van der Waals surface area contributed by atoms with E-state index in [2.05, 4.69) is 20.8 Å². The smallest absolute Gasteiger partial charge is 0.150 e. The van der Waals surface area contributed by atoms with Gasteiger partial charge in [-0.05, 0) is 18.4 Å². The Hall–Kier alpha value is -1.31. The van der Waals surface area contributed by atoms with Gasteiger partial charge in [0.1, 0.15) is 12.0 Å². The molecule has 0 saturated carbocycles. The molecule has 0 spiro atoms. The Kier molecular flexibility index (Phi) is 5.75. The van der Waals surface area contributed by atoms with Crippen molar-refractivity contribution in [1.29, 1.82) is 0 Å². The molecule has 2 nitrogen and oxygen atoms in total. The van der Waals surface area contributed by atoms with Crippen molar-refractivity contribution >= 4 is 6.29 Å². The number of hydrogen-bond acceptors (Lipinski definition) is 2. The van der Waals surface area contributed by atoms with Crippen molar-refractivity contribution < 1.29 is 9.53 Å². The Morgan fingerprint density at radius 1 is 1.29 bits per heavy atom. The van der Waals surface area contributed by atoms with E-state index in [-0.39, 0.29) is 0 Å². The molecule has 0 bridgehead atoms. The van der Waals surface area contributed by atoms with Gasteiger partial charge in [0.25, 0.3) is 0 Å². The molecular formula is C15H22O2. The van der Waals surface area contributed by atoms with Crippen LogP contribution in [0.2, 0.25) is 0 Å². The van der Waals surface area contributed by atoms with Crippen LogP contribution in [-0.4, -0.2) is 12.9 Å². The second-order valence-electron chi connectivity index (χ2n) is 4.59. The largest absolute Gasteiger partial charge is 0.493 e. The highest BCUT2D eigenvalue weighted by atomic mass is 16.5. The summed E-state index contributed by atoms with van der Waals surface area (Å²) in [5.41, 5.74) is 1.77. The maximum Gasteiger partial charge on any atom is 0.150 e. The summed E-state index contributed by atoms with van der Waals surface area (Å²) in [7, 11) is 0. The van der Waals surface area contributed by atoms with E-state index in [0.717, 1.165) is 36.2 Å². The van der Waals surface area contributed by atoms with Gasteiger partial charge in [0.15, 0.2) is 0 Å². The number of rotatable bonds is 7. The molecule has 0 aliphatic carbocycles. The molecule has 2 heteroatoms. The second kappa shape index (κ2) is 7.10. The summed E-state index contributed by atoms with van der Waals surface area (Å²) in [6.45, 7) is 7.07. The van der Waals surface area contributed by atoms with Crippen molar-refractivity contribution in [3.8, 4) is 5.75 Å². The van der Waals surface area contributed by atoms with Crippen molar-refractivity contribution in [3.63, 3.8) is 0 Å². The minimum atomic E-state index is 0.303. The van der Waals surface area contributed by atoms with Crippen molar-refractivity contribution in [2.45, 2.75) is 46.0 Å². The summed E-state index contributed by atoms with van der Waals surface area (Å²) in [5.74, 6) is 1.17. The fourth-order valence-electron chi connectivity index (χ4n) is 1.94. The van der Waals surface area contributed by atoms with E-state index in [9.17, 15) is 4.79 Å². The van der Waals surface area contributed by atoms with E-state index < -0.39 is 0 Å². The molecule has 0 radical (unpaired) electrons. The number of benzene rings is 1. The summed E-state index contributed by atoms with van der Waals surface area (Å²) in [6.07, 6.45) is 4.35. The molecule has 0 atom stereocenters. The van der Waals surface area contributed by atoms with Gasteiger partial charge in [-0.3, -0.25) is 4.79 Å². The molecule has 0 aromatic heterocycles. The minimum absolute atomic E-state index is 0.303. The fourth-order valence-corrected chi connectivity index (χ4v) is 1.94. The maximum absolute atomic E-state index is 11.0. The lowest BCUT2D eigenvalue weighted by molar-refractivity contribution is 0.112. The third kappa shape index (κ3) is 3.88. The van der Waals surface area contributed by atoms with Gasteiger partial charge in [-0.25, -0.2) is 0 Å². The quantitative estimate of drug-likeness (QED) is 0.522. The molecule has 0 fully saturated rings. The maximum atomic E-state index is 11.0. The zero-order chi connectivity index (χ0) is 12.7. The van der Waals surface area contributed by atoms with Crippen LogP contribution in [0.3, 0.4) is 0 Å². The van der Waals surface area contributed by atoms with E-state index in [1.165, 1.54) is 12.8 Å². The Morgan fingerprint density at radius 2 is 2.06 bits per heavy atom. The SMILES string of the molecule is CCCCCOc1cccc(C=O)c1C(C)C. The molecular weight excluding hydrogens is 212 g/mol. The Labute approximate surface area is 104 Å². The zero-order valence-corrected chi connectivity index (χ0v) is 11.0.